The Kier molecular flexibility index (Phi) is 5.93. The summed E-state index contributed by atoms with van der Waals surface area (Å²) < 4.78 is 1.89. The molecule has 27 heavy (non-hydrogen) atoms. The minimum Gasteiger partial charge on any atom is -0.368 e. The average Bonchev–Trinajstić information content (AvgIpc) is 3.09. The Morgan fingerprint density at radius 3 is 2.89 bits per heavy atom. The molecule has 3 N–H and O–H groups in total. The lowest BCUT2D eigenvalue weighted by atomic mass is 9.95. The second-order valence-electron chi connectivity index (χ2n) is 7.69. The van der Waals surface area contributed by atoms with Crippen LogP contribution in [0.2, 0.25) is 0 Å². The van der Waals surface area contributed by atoms with E-state index in [2.05, 4.69) is 41.2 Å². The van der Waals surface area contributed by atoms with E-state index in [9.17, 15) is 4.79 Å². The molecule has 8 heteroatoms. The third kappa shape index (κ3) is 4.75. The van der Waals surface area contributed by atoms with Crippen molar-refractivity contribution in [2.45, 2.75) is 52.0 Å². The molecule has 1 aliphatic heterocycles. The normalized spacial score (nSPS) is 18.5. The van der Waals surface area contributed by atoms with Crippen molar-refractivity contribution in [3.8, 4) is 0 Å². The molecule has 8 nitrogen and oxygen atoms in total. The van der Waals surface area contributed by atoms with Gasteiger partial charge in [-0.05, 0) is 38.2 Å². The van der Waals surface area contributed by atoms with Gasteiger partial charge in [-0.1, -0.05) is 13.8 Å². The Labute approximate surface area is 160 Å². The third-order valence-electron chi connectivity index (χ3n) is 4.96. The van der Waals surface area contributed by atoms with Crippen LogP contribution in [-0.2, 0) is 0 Å². The molecule has 2 unspecified atom stereocenters. The number of piperidine rings is 1. The summed E-state index contributed by atoms with van der Waals surface area (Å²) in [5.74, 6) is 1.76. The predicted molar refractivity (Wildman–Crippen MR) is 105 cm³/mol. The van der Waals surface area contributed by atoms with Gasteiger partial charge in [0.25, 0.3) is 0 Å². The van der Waals surface area contributed by atoms with Crippen molar-refractivity contribution in [2.24, 2.45) is 5.92 Å². The molecule has 0 radical (unpaired) electrons. The van der Waals surface area contributed by atoms with E-state index in [0.717, 1.165) is 37.3 Å². The largest absolute Gasteiger partial charge is 0.368 e. The molecule has 2 amide bonds. The summed E-state index contributed by atoms with van der Waals surface area (Å²) in [5.41, 5.74) is 6.60. The van der Waals surface area contributed by atoms with Gasteiger partial charge in [0.05, 0.1) is 17.9 Å². The highest BCUT2D eigenvalue weighted by Crippen LogP contribution is 2.27. The Morgan fingerprint density at radius 2 is 2.15 bits per heavy atom. The van der Waals surface area contributed by atoms with Crippen LogP contribution in [0.4, 0.5) is 16.6 Å². The summed E-state index contributed by atoms with van der Waals surface area (Å²) in [6.07, 6.45) is 6.33. The summed E-state index contributed by atoms with van der Waals surface area (Å²) in [6, 6.07) is 3.86. The molecular formula is C19H29N7O. The van der Waals surface area contributed by atoms with Gasteiger partial charge in [-0.15, -0.1) is 0 Å². The summed E-state index contributed by atoms with van der Waals surface area (Å²) >= 11 is 0. The summed E-state index contributed by atoms with van der Waals surface area (Å²) in [7, 11) is 0. The van der Waals surface area contributed by atoms with Crippen molar-refractivity contribution in [3.63, 3.8) is 0 Å². The fourth-order valence-corrected chi connectivity index (χ4v) is 3.75. The second kappa shape index (κ2) is 8.37. The Hall–Kier alpha value is -2.64. The predicted octanol–water partition coefficient (Wildman–Crippen LogP) is 3.27. The van der Waals surface area contributed by atoms with E-state index in [1.54, 1.807) is 12.4 Å². The summed E-state index contributed by atoms with van der Waals surface area (Å²) in [4.78, 5) is 22.9. The highest BCUT2D eigenvalue weighted by atomic mass is 16.2. The minimum atomic E-state index is -0.0970. The van der Waals surface area contributed by atoms with Crippen molar-refractivity contribution in [3.05, 3.63) is 30.2 Å². The van der Waals surface area contributed by atoms with Crippen molar-refractivity contribution in [2.75, 3.05) is 24.1 Å². The molecule has 1 aliphatic rings. The maximum absolute atomic E-state index is 12.8. The van der Waals surface area contributed by atoms with E-state index in [-0.39, 0.29) is 23.9 Å². The van der Waals surface area contributed by atoms with Crippen molar-refractivity contribution in [1.82, 2.24) is 24.6 Å². The number of hydrogen-bond donors (Lipinski definition) is 2. The Balaban J connectivity index is 1.65. The van der Waals surface area contributed by atoms with Crippen LogP contribution in [0.25, 0.3) is 0 Å². The smallest absolute Gasteiger partial charge is 0.323 e. The van der Waals surface area contributed by atoms with Gasteiger partial charge < -0.3 is 10.6 Å². The maximum atomic E-state index is 12.8. The average molecular weight is 371 g/mol. The number of carbonyl (C=O) groups excluding carboxylic acids is 1. The molecule has 2 atom stereocenters. The lowest BCUT2D eigenvalue weighted by Crippen LogP contribution is -2.42. The molecule has 2 aromatic heterocycles. The molecule has 2 aromatic rings. The lowest BCUT2D eigenvalue weighted by molar-refractivity contribution is 0.192. The number of carbonyl (C=O) groups is 1. The van der Waals surface area contributed by atoms with Gasteiger partial charge in [0, 0.05) is 31.3 Å². The first kappa shape index (κ1) is 19.1. The molecule has 3 rings (SSSR count). The van der Waals surface area contributed by atoms with E-state index >= 15 is 0 Å². The van der Waals surface area contributed by atoms with Crippen LogP contribution in [0.5, 0.6) is 0 Å². The number of nitrogens with one attached hydrogen (secondary N) is 1. The van der Waals surface area contributed by atoms with E-state index < -0.39 is 0 Å². The zero-order valence-corrected chi connectivity index (χ0v) is 16.3. The number of amides is 2. The number of aromatic nitrogens is 4. The van der Waals surface area contributed by atoms with E-state index in [1.807, 2.05) is 21.7 Å². The number of anilines is 2. The monoisotopic (exact) mass is 371 g/mol. The molecule has 146 valence electrons. The second-order valence-corrected chi connectivity index (χ2v) is 7.69. The molecule has 0 aliphatic carbocycles. The fourth-order valence-electron chi connectivity index (χ4n) is 3.75. The quantitative estimate of drug-likeness (QED) is 0.840. The minimum absolute atomic E-state index is 0.0970. The first-order valence-electron chi connectivity index (χ1n) is 9.62. The van der Waals surface area contributed by atoms with Crippen molar-refractivity contribution >= 4 is 17.8 Å². The number of nitrogen functional groups attached to an aromatic ring is 1. The first-order chi connectivity index (χ1) is 12.9. The molecule has 3 heterocycles. The first-order valence-corrected chi connectivity index (χ1v) is 9.62. The van der Waals surface area contributed by atoms with Crippen molar-refractivity contribution < 1.29 is 4.79 Å². The number of rotatable bonds is 5. The zero-order valence-electron chi connectivity index (χ0n) is 16.3. The molecule has 1 saturated heterocycles. The van der Waals surface area contributed by atoms with Crippen LogP contribution in [-0.4, -0.2) is 43.8 Å². The molecule has 0 aromatic carbocycles. The van der Waals surface area contributed by atoms with Crippen LogP contribution in [0.15, 0.2) is 24.5 Å². The lowest BCUT2D eigenvalue weighted by Gasteiger charge is -2.32. The molecule has 0 bridgehead atoms. The van der Waals surface area contributed by atoms with Gasteiger partial charge in [0.2, 0.25) is 5.95 Å². The highest BCUT2D eigenvalue weighted by Gasteiger charge is 2.26. The summed E-state index contributed by atoms with van der Waals surface area (Å²) in [6.45, 7) is 7.85. The van der Waals surface area contributed by atoms with Gasteiger partial charge in [-0.2, -0.15) is 5.10 Å². The molecular weight excluding hydrogens is 342 g/mol. The van der Waals surface area contributed by atoms with Crippen LogP contribution in [0, 0.1) is 5.92 Å². The van der Waals surface area contributed by atoms with Crippen molar-refractivity contribution in [1.29, 1.82) is 0 Å². The zero-order chi connectivity index (χ0) is 19.4. The number of likely N-dealkylation sites (tertiary alicyclic amines) is 1. The maximum Gasteiger partial charge on any atom is 0.323 e. The third-order valence-corrected chi connectivity index (χ3v) is 4.96. The van der Waals surface area contributed by atoms with E-state index in [1.165, 1.54) is 0 Å². The van der Waals surface area contributed by atoms with Gasteiger partial charge in [-0.25, -0.2) is 19.4 Å². The Morgan fingerprint density at radius 1 is 1.33 bits per heavy atom. The van der Waals surface area contributed by atoms with Gasteiger partial charge in [0.1, 0.15) is 5.82 Å². The Bertz CT molecular complexity index is 773. The SMILES string of the molecule is CC(C)CC(C)n1nccc1NC(=O)N1CCCC(c2ccnc(N)n2)C1. The van der Waals surface area contributed by atoms with Crippen LogP contribution in [0.3, 0.4) is 0 Å². The van der Waals surface area contributed by atoms with Crippen LogP contribution >= 0.6 is 0 Å². The van der Waals surface area contributed by atoms with Gasteiger partial charge >= 0.3 is 6.03 Å². The standard InChI is InChI=1S/C19H29N7O/c1-13(2)11-14(3)26-17(7-9-22-26)24-19(27)25-10-4-5-15(12-25)16-6-8-21-18(20)23-16/h6-9,13-15H,4-5,10-12H2,1-3H3,(H,24,27)(H2,20,21,23). The number of nitrogens with two attached hydrogens (primary N) is 1. The molecule has 0 spiro atoms. The number of urea groups is 1. The fraction of sp³-hybridized carbons (Fsp3) is 0.579. The van der Waals surface area contributed by atoms with Gasteiger partial charge in [0.15, 0.2) is 0 Å². The number of nitrogens with zero attached hydrogens (tertiary/aromatic N) is 5. The molecule has 0 saturated carbocycles. The number of hydrogen-bond acceptors (Lipinski definition) is 5. The van der Waals surface area contributed by atoms with Gasteiger partial charge in [-0.3, -0.25) is 5.32 Å². The topological polar surface area (TPSA) is 102 Å². The summed E-state index contributed by atoms with van der Waals surface area (Å²) in [5, 5.41) is 7.42. The van der Waals surface area contributed by atoms with E-state index in [0.29, 0.717) is 12.5 Å². The highest BCUT2D eigenvalue weighted by molar-refractivity contribution is 5.88. The van der Waals surface area contributed by atoms with Crippen LogP contribution < -0.4 is 11.1 Å². The van der Waals surface area contributed by atoms with E-state index in [4.69, 9.17) is 5.73 Å². The van der Waals surface area contributed by atoms with Crippen LogP contribution in [0.1, 0.15) is 57.7 Å². The molecule has 1 fully saturated rings.